The van der Waals surface area contributed by atoms with Crippen molar-refractivity contribution >= 4 is 40.5 Å². The SMILES string of the molecule is CCNC1CC2CCCC(C1)N2c1c(Cl)cc(Cl)cc1Cl. The third-order valence-electron chi connectivity index (χ3n) is 4.71. The van der Waals surface area contributed by atoms with Crippen molar-refractivity contribution in [2.45, 2.75) is 57.2 Å². The summed E-state index contributed by atoms with van der Waals surface area (Å²) in [6.45, 7) is 3.21. The minimum atomic E-state index is 0.526. The minimum absolute atomic E-state index is 0.526. The summed E-state index contributed by atoms with van der Waals surface area (Å²) in [6, 6.07) is 5.27. The van der Waals surface area contributed by atoms with E-state index in [4.69, 9.17) is 34.8 Å². The molecule has 0 radical (unpaired) electrons. The highest BCUT2D eigenvalue weighted by atomic mass is 35.5. The van der Waals surface area contributed by atoms with Crippen LogP contribution in [-0.4, -0.2) is 24.7 Å². The van der Waals surface area contributed by atoms with Crippen molar-refractivity contribution in [1.82, 2.24) is 5.32 Å². The van der Waals surface area contributed by atoms with Gasteiger partial charge < -0.3 is 10.2 Å². The van der Waals surface area contributed by atoms with E-state index in [1.54, 1.807) is 12.1 Å². The second kappa shape index (κ2) is 6.54. The third kappa shape index (κ3) is 3.14. The molecule has 0 amide bonds. The number of nitrogens with zero attached hydrogens (tertiary/aromatic N) is 1. The van der Waals surface area contributed by atoms with Gasteiger partial charge in [-0.15, -0.1) is 0 Å². The summed E-state index contributed by atoms with van der Waals surface area (Å²) < 4.78 is 0. The molecule has 2 nitrogen and oxygen atoms in total. The Hall–Kier alpha value is -0.150. The van der Waals surface area contributed by atoms with E-state index in [1.165, 1.54) is 32.1 Å². The molecule has 3 rings (SSSR count). The lowest BCUT2D eigenvalue weighted by molar-refractivity contribution is 0.247. The van der Waals surface area contributed by atoms with Crippen molar-refractivity contribution in [3.63, 3.8) is 0 Å². The van der Waals surface area contributed by atoms with Gasteiger partial charge in [-0.05, 0) is 50.8 Å². The quantitative estimate of drug-likeness (QED) is 0.813. The molecule has 2 saturated heterocycles. The summed E-state index contributed by atoms with van der Waals surface area (Å²) in [5.41, 5.74) is 0.979. The number of nitrogens with one attached hydrogen (secondary N) is 1. The van der Waals surface area contributed by atoms with Crippen LogP contribution in [0.2, 0.25) is 15.1 Å². The molecule has 5 heteroatoms. The summed E-state index contributed by atoms with van der Waals surface area (Å²) in [5.74, 6) is 0. The molecule has 2 aliphatic rings. The first-order valence-corrected chi connectivity index (χ1v) is 8.89. The molecule has 2 aliphatic heterocycles. The topological polar surface area (TPSA) is 15.3 Å². The highest BCUT2D eigenvalue weighted by Crippen LogP contribution is 2.44. The fourth-order valence-corrected chi connectivity index (χ4v) is 5.00. The largest absolute Gasteiger partial charge is 0.363 e. The van der Waals surface area contributed by atoms with Gasteiger partial charge in [0.25, 0.3) is 0 Å². The van der Waals surface area contributed by atoms with Crippen LogP contribution >= 0.6 is 34.8 Å². The standard InChI is InChI=1S/C16H21Cl3N2/c1-2-20-11-8-12-4-3-5-13(9-11)21(12)16-14(18)6-10(17)7-15(16)19/h6-7,11-13,20H,2-5,8-9H2,1H3. The average molecular weight is 348 g/mol. The fourth-order valence-electron chi connectivity index (χ4n) is 3.98. The number of hydrogen-bond acceptors (Lipinski definition) is 2. The maximum atomic E-state index is 6.45. The maximum absolute atomic E-state index is 6.45. The highest BCUT2D eigenvalue weighted by Gasteiger charge is 2.39. The Morgan fingerprint density at radius 2 is 1.67 bits per heavy atom. The van der Waals surface area contributed by atoms with Crippen LogP contribution < -0.4 is 10.2 Å². The Morgan fingerprint density at radius 1 is 1.10 bits per heavy atom. The van der Waals surface area contributed by atoms with Crippen molar-refractivity contribution in [2.75, 3.05) is 11.4 Å². The van der Waals surface area contributed by atoms with Crippen LogP contribution in [0.4, 0.5) is 5.69 Å². The summed E-state index contributed by atoms with van der Waals surface area (Å²) in [6.07, 6.45) is 6.06. The summed E-state index contributed by atoms with van der Waals surface area (Å²) >= 11 is 19.0. The number of hydrogen-bond donors (Lipinski definition) is 1. The van der Waals surface area contributed by atoms with Crippen LogP contribution in [0.1, 0.15) is 39.0 Å². The van der Waals surface area contributed by atoms with Crippen LogP contribution in [0.3, 0.4) is 0 Å². The van der Waals surface area contributed by atoms with Gasteiger partial charge in [0.1, 0.15) is 0 Å². The van der Waals surface area contributed by atoms with Crippen LogP contribution in [-0.2, 0) is 0 Å². The van der Waals surface area contributed by atoms with Crippen molar-refractivity contribution in [3.05, 3.63) is 27.2 Å². The van der Waals surface area contributed by atoms with E-state index in [2.05, 4.69) is 17.1 Å². The second-order valence-electron chi connectivity index (χ2n) is 6.09. The zero-order chi connectivity index (χ0) is 15.0. The lowest BCUT2D eigenvalue weighted by atomic mass is 9.81. The van der Waals surface area contributed by atoms with Gasteiger partial charge in [0.05, 0.1) is 15.7 Å². The number of fused-ring (bicyclic) bond motifs is 2. The first-order chi connectivity index (χ1) is 10.1. The van der Waals surface area contributed by atoms with E-state index >= 15 is 0 Å². The predicted molar refractivity (Wildman–Crippen MR) is 92.1 cm³/mol. The van der Waals surface area contributed by atoms with Gasteiger partial charge >= 0.3 is 0 Å². The Balaban J connectivity index is 1.92. The van der Waals surface area contributed by atoms with Crippen LogP contribution in [0, 0.1) is 0 Å². The Kier molecular flexibility index (Phi) is 4.90. The predicted octanol–water partition coefficient (Wildman–Crippen LogP) is 5.15. The Bertz CT molecular complexity index is 483. The molecule has 2 unspecified atom stereocenters. The lowest BCUT2D eigenvalue weighted by Gasteiger charge is -2.51. The third-order valence-corrected chi connectivity index (χ3v) is 5.50. The molecule has 0 aliphatic carbocycles. The van der Waals surface area contributed by atoms with Gasteiger partial charge in [0, 0.05) is 23.1 Å². The first kappa shape index (κ1) is 15.7. The van der Waals surface area contributed by atoms with Crippen molar-refractivity contribution in [3.8, 4) is 0 Å². The van der Waals surface area contributed by atoms with E-state index in [0.717, 1.165) is 12.2 Å². The number of rotatable bonds is 3. The zero-order valence-electron chi connectivity index (χ0n) is 12.2. The van der Waals surface area contributed by atoms with Gasteiger partial charge in [0.15, 0.2) is 0 Å². The van der Waals surface area contributed by atoms with Gasteiger partial charge in [-0.3, -0.25) is 0 Å². The number of halogens is 3. The van der Waals surface area contributed by atoms with Crippen LogP contribution in [0.5, 0.6) is 0 Å². The first-order valence-electron chi connectivity index (χ1n) is 7.76. The molecule has 2 bridgehead atoms. The van der Waals surface area contributed by atoms with Crippen LogP contribution in [0.25, 0.3) is 0 Å². The molecular formula is C16H21Cl3N2. The minimum Gasteiger partial charge on any atom is -0.363 e. The normalized spacial score (nSPS) is 28.8. The number of benzene rings is 1. The van der Waals surface area contributed by atoms with Crippen LogP contribution in [0.15, 0.2) is 12.1 Å². The number of piperidine rings is 2. The molecule has 116 valence electrons. The molecule has 0 saturated carbocycles. The maximum Gasteiger partial charge on any atom is 0.0751 e. The summed E-state index contributed by atoms with van der Waals surface area (Å²) in [7, 11) is 0. The van der Waals surface area contributed by atoms with Gasteiger partial charge in [-0.25, -0.2) is 0 Å². The van der Waals surface area contributed by atoms with Gasteiger partial charge in [-0.1, -0.05) is 41.7 Å². The molecule has 1 N–H and O–H groups in total. The van der Waals surface area contributed by atoms with Crippen molar-refractivity contribution in [2.24, 2.45) is 0 Å². The highest BCUT2D eigenvalue weighted by molar-refractivity contribution is 6.41. The smallest absolute Gasteiger partial charge is 0.0751 e. The Labute approximate surface area is 141 Å². The zero-order valence-corrected chi connectivity index (χ0v) is 14.5. The fraction of sp³-hybridized carbons (Fsp3) is 0.625. The van der Waals surface area contributed by atoms with E-state index in [1.807, 2.05) is 0 Å². The molecular weight excluding hydrogens is 327 g/mol. The lowest BCUT2D eigenvalue weighted by Crippen LogP contribution is -2.56. The molecule has 1 aromatic rings. The van der Waals surface area contributed by atoms with Gasteiger partial charge in [0.2, 0.25) is 0 Å². The Morgan fingerprint density at radius 3 is 2.19 bits per heavy atom. The molecule has 1 aromatic carbocycles. The summed E-state index contributed by atoms with van der Waals surface area (Å²) in [5, 5.41) is 5.55. The molecule has 0 aromatic heterocycles. The van der Waals surface area contributed by atoms with Crippen molar-refractivity contribution in [1.29, 1.82) is 0 Å². The summed E-state index contributed by atoms with van der Waals surface area (Å²) in [4.78, 5) is 2.47. The molecule has 0 spiro atoms. The average Bonchev–Trinajstić information content (AvgIpc) is 2.38. The van der Waals surface area contributed by atoms with E-state index in [9.17, 15) is 0 Å². The van der Waals surface area contributed by atoms with Gasteiger partial charge in [-0.2, -0.15) is 0 Å². The molecule has 21 heavy (non-hydrogen) atoms. The van der Waals surface area contributed by atoms with E-state index in [-0.39, 0.29) is 0 Å². The molecule has 2 heterocycles. The molecule has 2 atom stereocenters. The monoisotopic (exact) mass is 346 g/mol. The van der Waals surface area contributed by atoms with Crippen molar-refractivity contribution < 1.29 is 0 Å². The number of anilines is 1. The van der Waals surface area contributed by atoms with E-state index < -0.39 is 0 Å². The molecule has 2 fully saturated rings. The second-order valence-corrected chi connectivity index (χ2v) is 7.34. The van der Waals surface area contributed by atoms with E-state index in [0.29, 0.717) is 33.2 Å².